The van der Waals surface area contributed by atoms with Crippen LogP contribution in [0.15, 0.2) is 0 Å². The topological polar surface area (TPSA) is 42.5 Å². The Hall–Kier alpha value is -0.160. The summed E-state index contributed by atoms with van der Waals surface area (Å²) in [5, 5.41) is 6.77. The summed E-state index contributed by atoms with van der Waals surface area (Å²) < 4.78 is 10.1. The Morgan fingerprint density at radius 3 is 1.67 bits per heavy atom. The second kappa shape index (κ2) is 5.48. The van der Waals surface area contributed by atoms with Crippen LogP contribution in [0.25, 0.3) is 0 Å². The van der Waals surface area contributed by atoms with Gasteiger partial charge in [-0.15, -0.1) is 0 Å². The standard InChI is InChI=1S/C8H18N2O2/c1-11-5-7-3-10-8(4-9-7)6-12-2/h7-10H,3-6H2,1-2H3. The molecular formula is C8H18N2O2. The van der Waals surface area contributed by atoms with E-state index in [1.165, 1.54) is 0 Å². The molecule has 1 saturated heterocycles. The van der Waals surface area contributed by atoms with Crippen LogP contribution in [0, 0.1) is 0 Å². The number of nitrogens with one attached hydrogen (secondary N) is 2. The molecule has 0 amide bonds. The maximum Gasteiger partial charge on any atom is 0.0628 e. The molecule has 2 atom stereocenters. The van der Waals surface area contributed by atoms with Gasteiger partial charge in [0, 0.05) is 39.4 Å². The fourth-order valence-corrected chi connectivity index (χ4v) is 1.40. The monoisotopic (exact) mass is 174 g/mol. The van der Waals surface area contributed by atoms with Gasteiger partial charge in [0.05, 0.1) is 13.2 Å². The van der Waals surface area contributed by atoms with Gasteiger partial charge in [-0.1, -0.05) is 0 Å². The number of hydrogen-bond donors (Lipinski definition) is 2. The Morgan fingerprint density at radius 1 is 1.00 bits per heavy atom. The van der Waals surface area contributed by atoms with Crippen LogP contribution in [0.2, 0.25) is 0 Å². The Balaban J connectivity index is 2.11. The summed E-state index contributed by atoms with van der Waals surface area (Å²) in [5.74, 6) is 0. The van der Waals surface area contributed by atoms with Gasteiger partial charge in [0.25, 0.3) is 0 Å². The van der Waals surface area contributed by atoms with Gasteiger partial charge in [0.15, 0.2) is 0 Å². The first-order valence-electron chi connectivity index (χ1n) is 4.31. The minimum absolute atomic E-state index is 0.447. The summed E-state index contributed by atoms with van der Waals surface area (Å²) in [5.41, 5.74) is 0. The largest absolute Gasteiger partial charge is 0.383 e. The maximum atomic E-state index is 5.04. The van der Waals surface area contributed by atoms with E-state index in [0.717, 1.165) is 26.3 Å². The van der Waals surface area contributed by atoms with Gasteiger partial charge in [0.2, 0.25) is 0 Å². The zero-order chi connectivity index (χ0) is 8.81. The highest BCUT2D eigenvalue weighted by molar-refractivity contribution is 4.82. The van der Waals surface area contributed by atoms with Crippen molar-refractivity contribution in [3.05, 3.63) is 0 Å². The molecular weight excluding hydrogens is 156 g/mol. The van der Waals surface area contributed by atoms with E-state index in [-0.39, 0.29) is 0 Å². The van der Waals surface area contributed by atoms with Crippen LogP contribution >= 0.6 is 0 Å². The summed E-state index contributed by atoms with van der Waals surface area (Å²) in [6.45, 7) is 3.46. The van der Waals surface area contributed by atoms with Crippen molar-refractivity contribution in [3.63, 3.8) is 0 Å². The Bertz CT molecular complexity index is 99.6. The molecule has 0 aromatic carbocycles. The molecule has 0 spiro atoms. The lowest BCUT2D eigenvalue weighted by atomic mass is 10.2. The molecule has 0 aromatic rings. The van der Waals surface area contributed by atoms with Gasteiger partial charge in [-0.05, 0) is 0 Å². The number of rotatable bonds is 4. The molecule has 72 valence electrons. The van der Waals surface area contributed by atoms with Gasteiger partial charge in [-0.3, -0.25) is 0 Å². The SMILES string of the molecule is COCC1CNC(COC)CN1. The van der Waals surface area contributed by atoms with Crippen LogP contribution in [0.4, 0.5) is 0 Å². The summed E-state index contributed by atoms with van der Waals surface area (Å²) >= 11 is 0. The van der Waals surface area contributed by atoms with Gasteiger partial charge >= 0.3 is 0 Å². The van der Waals surface area contributed by atoms with Crippen LogP contribution in [-0.2, 0) is 9.47 Å². The molecule has 4 heteroatoms. The maximum absolute atomic E-state index is 5.04. The lowest BCUT2D eigenvalue weighted by Gasteiger charge is -2.30. The van der Waals surface area contributed by atoms with Crippen molar-refractivity contribution < 1.29 is 9.47 Å². The van der Waals surface area contributed by atoms with Crippen LogP contribution in [0.5, 0.6) is 0 Å². The highest BCUT2D eigenvalue weighted by Gasteiger charge is 2.18. The molecule has 0 saturated carbocycles. The lowest BCUT2D eigenvalue weighted by molar-refractivity contribution is 0.122. The second-order valence-electron chi connectivity index (χ2n) is 3.12. The van der Waals surface area contributed by atoms with Crippen molar-refractivity contribution in [2.75, 3.05) is 40.5 Å². The van der Waals surface area contributed by atoms with Gasteiger partial charge in [-0.25, -0.2) is 0 Å². The van der Waals surface area contributed by atoms with E-state index in [1.807, 2.05) is 0 Å². The average molecular weight is 174 g/mol. The van der Waals surface area contributed by atoms with Crippen LogP contribution in [-0.4, -0.2) is 52.6 Å². The van der Waals surface area contributed by atoms with Crippen molar-refractivity contribution in [1.82, 2.24) is 10.6 Å². The molecule has 1 fully saturated rings. The molecule has 0 aromatic heterocycles. The fourth-order valence-electron chi connectivity index (χ4n) is 1.40. The van der Waals surface area contributed by atoms with E-state index in [2.05, 4.69) is 10.6 Å². The van der Waals surface area contributed by atoms with Crippen molar-refractivity contribution in [2.45, 2.75) is 12.1 Å². The van der Waals surface area contributed by atoms with Crippen molar-refractivity contribution in [2.24, 2.45) is 0 Å². The van der Waals surface area contributed by atoms with Gasteiger partial charge < -0.3 is 20.1 Å². The zero-order valence-corrected chi connectivity index (χ0v) is 7.80. The zero-order valence-electron chi connectivity index (χ0n) is 7.80. The third-order valence-electron chi connectivity index (χ3n) is 2.04. The first-order chi connectivity index (χ1) is 5.86. The lowest BCUT2D eigenvalue weighted by Crippen LogP contribution is -2.57. The fraction of sp³-hybridized carbons (Fsp3) is 1.00. The molecule has 1 rings (SSSR count). The minimum Gasteiger partial charge on any atom is -0.383 e. The summed E-state index contributed by atoms with van der Waals surface area (Å²) in [7, 11) is 3.45. The molecule has 12 heavy (non-hydrogen) atoms. The first-order valence-corrected chi connectivity index (χ1v) is 4.31. The Labute approximate surface area is 73.6 Å². The van der Waals surface area contributed by atoms with E-state index in [4.69, 9.17) is 9.47 Å². The minimum atomic E-state index is 0.447. The number of ether oxygens (including phenoxy) is 2. The summed E-state index contributed by atoms with van der Waals surface area (Å²) in [4.78, 5) is 0. The molecule has 1 heterocycles. The predicted molar refractivity (Wildman–Crippen MR) is 47.3 cm³/mol. The van der Waals surface area contributed by atoms with Gasteiger partial charge in [-0.2, -0.15) is 0 Å². The van der Waals surface area contributed by atoms with Crippen LogP contribution in [0.1, 0.15) is 0 Å². The predicted octanol–water partition coefficient (Wildman–Crippen LogP) is -0.791. The molecule has 0 bridgehead atoms. The highest BCUT2D eigenvalue weighted by atomic mass is 16.5. The third kappa shape index (κ3) is 3.06. The summed E-state index contributed by atoms with van der Waals surface area (Å²) in [6.07, 6.45) is 0. The Kier molecular flexibility index (Phi) is 4.53. The normalized spacial score (nSPS) is 30.5. The average Bonchev–Trinajstić information content (AvgIpc) is 2.09. The van der Waals surface area contributed by atoms with E-state index < -0.39 is 0 Å². The van der Waals surface area contributed by atoms with Crippen molar-refractivity contribution in [3.8, 4) is 0 Å². The highest BCUT2D eigenvalue weighted by Crippen LogP contribution is 1.94. The van der Waals surface area contributed by atoms with E-state index in [9.17, 15) is 0 Å². The van der Waals surface area contributed by atoms with Gasteiger partial charge in [0.1, 0.15) is 0 Å². The van der Waals surface area contributed by atoms with E-state index in [0.29, 0.717) is 12.1 Å². The van der Waals surface area contributed by atoms with E-state index in [1.54, 1.807) is 14.2 Å². The summed E-state index contributed by atoms with van der Waals surface area (Å²) in [6, 6.07) is 0.895. The molecule has 4 nitrogen and oxygen atoms in total. The van der Waals surface area contributed by atoms with Crippen molar-refractivity contribution in [1.29, 1.82) is 0 Å². The molecule has 2 N–H and O–H groups in total. The smallest absolute Gasteiger partial charge is 0.0628 e. The number of piperazine rings is 1. The molecule has 0 aliphatic carbocycles. The molecule has 0 radical (unpaired) electrons. The van der Waals surface area contributed by atoms with Crippen LogP contribution < -0.4 is 10.6 Å². The second-order valence-corrected chi connectivity index (χ2v) is 3.12. The quantitative estimate of drug-likeness (QED) is 0.586. The molecule has 1 aliphatic rings. The molecule has 1 aliphatic heterocycles. The van der Waals surface area contributed by atoms with Crippen molar-refractivity contribution >= 4 is 0 Å². The number of hydrogen-bond acceptors (Lipinski definition) is 4. The third-order valence-corrected chi connectivity index (χ3v) is 2.04. The first kappa shape index (κ1) is 9.92. The van der Waals surface area contributed by atoms with E-state index >= 15 is 0 Å². The van der Waals surface area contributed by atoms with Crippen LogP contribution in [0.3, 0.4) is 0 Å². The number of methoxy groups -OCH3 is 2. The molecule has 2 unspecified atom stereocenters. The Morgan fingerprint density at radius 2 is 1.42 bits per heavy atom.